The van der Waals surface area contributed by atoms with Gasteiger partial charge in [-0.3, -0.25) is 14.1 Å². The van der Waals surface area contributed by atoms with Gasteiger partial charge in [0.25, 0.3) is 0 Å². The van der Waals surface area contributed by atoms with Gasteiger partial charge < -0.3 is 19.1 Å². The second-order valence-electron chi connectivity index (χ2n) is 12.2. The number of hydrogen-bond donors (Lipinski definition) is 1. The van der Waals surface area contributed by atoms with Crippen LogP contribution in [-0.4, -0.2) is 77.0 Å². The molecule has 0 saturated carbocycles. The van der Waals surface area contributed by atoms with E-state index in [0.29, 0.717) is 17.7 Å². The van der Waals surface area contributed by atoms with Crippen LogP contribution >= 0.6 is 0 Å². The number of esters is 2. The van der Waals surface area contributed by atoms with Crippen LogP contribution in [0.15, 0.2) is 54.6 Å². The van der Waals surface area contributed by atoms with Crippen LogP contribution in [-0.2, 0) is 33.9 Å². The van der Waals surface area contributed by atoms with Crippen molar-refractivity contribution in [1.29, 1.82) is 0 Å². The topological polar surface area (TPSA) is 137 Å². The molecule has 1 N–H and O–H groups in total. The van der Waals surface area contributed by atoms with Gasteiger partial charge in [-0.15, -0.1) is 0 Å². The predicted octanol–water partition coefficient (Wildman–Crippen LogP) is 3.95. The molecule has 3 aliphatic heterocycles. The van der Waals surface area contributed by atoms with E-state index in [-0.39, 0.29) is 5.56 Å². The van der Waals surface area contributed by atoms with Crippen molar-refractivity contribution < 1.29 is 50.3 Å². The van der Waals surface area contributed by atoms with Crippen molar-refractivity contribution in [3.63, 3.8) is 0 Å². The third-order valence-electron chi connectivity index (χ3n) is 8.55. The first-order valence-corrected chi connectivity index (χ1v) is 15.1. The van der Waals surface area contributed by atoms with Gasteiger partial charge in [0.1, 0.15) is 12.0 Å². The Labute approximate surface area is 245 Å². The van der Waals surface area contributed by atoms with Gasteiger partial charge in [-0.1, -0.05) is 48.5 Å². The van der Waals surface area contributed by atoms with Crippen molar-refractivity contribution in [2.45, 2.75) is 68.9 Å². The predicted molar refractivity (Wildman–Crippen MR) is 149 cm³/mol. The fourth-order valence-electron chi connectivity index (χ4n) is 6.75. The molecule has 3 saturated heterocycles. The molecule has 0 spiro atoms. The van der Waals surface area contributed by atoms with Crippen LogP contribution in [0.3, 0.4) is 0 Å². The first-order chi connectivity index (χ1) is 20.0. The van der Waals surface area contributed by atoms with Crippen LogP contribution in [0.25, 0.3) is 21.5 Å². The van der Waals surface area contributed by atoms with Crippen LogP contribution in [0.5, 0.6) is 0 Å². The first kappa shape index (κ1) is 29.4. The van der Waals surface area contributed by atoms with Crippen molar-refractivity contribution in [2.24, 2.45) is 11.8 Å². The highest BCUT2D eigenvalue weighted by molar-refractivity contribution is 7.86. The Morgan fingerprint density at radius 1 is 1.00 bits per heavy atom. The molecule has 0 radical (unpaired) electrons. The van der Waals surface area contributed by atoms with Crippen LogP contribution in [0.2, 0.25) is 0 Å². The molecule has 0 aromatic heterocycles. The Kier molecular flexibility index (Phi) is 6.61. The molecule has 3 aliphatic rings. The Morgan fingerprint density at radius 3 is 2.09 bits per heavy atom. The minimum atomic E-state index is -5.91. The molecule has 6 rings (SSSR count). The number of alkyl halides is 2. The molecule has 2 bridgehead atoms. The zero-order valence-electron chi connectivity index (χ0n) is 23.6. The third kappa shape index (κ3) is 4.39. The highest BCUT2D eigenvalue weighted by Crippen LogP contribution is 2.54. The normalized spacial score (nSPS) is 27.6. The number of rotatable bonds is 6. The quantitative estimate of drug-likeness (QED) is 0.248. The molecule has 13 heteroatoms. The highest BCUT2D eigenvalue weighted by atomic mass is 32.2. The van der Waals surface area contributed by atoms with E-state index in [4.69, 9.17) is 18.8 Å². The van der Waals surface area contributed by atoms with E-state index >= 15 is 0 Å². The fourth-order valence-corrected chi connectivity index (χ4v) is 7.22. The molecule has 3 fully saturated rings. The number of ether oxygens (including phenoxy) is 3. The lowest BCUT2D eigenvalue weighted by atomic mass is 9.78. The molecule has 1 amide bonds. The molecule has 3 heterocycles. The van der Waals surface area contributed by atoms with E-state index in [1.54, 1.807) is 45.0 Å². The number of benzene rings is 3. The Hall–Kier alpha value is -3.68. The van der Waals surface area contributed by atoms with Crippen molar-refractivity contribution in [3.8, 4) is 0 Å². The molecule has 10 nitrogen and oxygen atoms in total. The van der Waals surface area contributed by atoms with Gasteiger partial charge in [0.2, 0.25) is 5.91 Å². The maximum Gasteiger partial charge on any atom is 0.405 e. The Balaban J connectivity index is 1.39. The SMILES string of the molecule is CC(OC(=O)C1C2OC3C1C(=O)N(C(C)(C)C)C3C2OC(=O)c1c2ccccc2cc2ccccc12)C(F)(F)S(=O)(=O)O. The van der Waals surface area contributed by atoms with Crippen LogP contribution in [0, 0.1) is 11.8 Å². The lowest BCUT2D eigenvalue weighted by Crippen LogP contribution is -2.55. The molecular weight excluding hydrogens is 588 g/mol. The number of amides is 1. The van der Waals surface area contributed by atoms with E-state index in [0.717, 1.165) is 10.8 Å². The largest absolute Gasteiger partial charge is 0.455 e. The fraction of sp³-hybridized carbons (Fsp3) is 0.433. The van der Waals surface area contributed by atoms with Crippen molar-refractivity contribution in [3.05, 3.63) is 60.2 Å². The third-order valence-corrected chi connectivity index (χ3v) is 9.57. The Morgan fingerprint density at radius 2 is 1.56 bits per heavy atom. The van der Waals surface area contributed by atoms with Crippen molar-refractivity contribution >= 4 is 49.5 Å². The number of halogens is 2. The van der Waals surface area contributed by atoms with Crippen molar-refractivity contribution in [2.75, 3.05) is 0 Å². The summed E-state index contributed by atoms with van der Waals surface area (Å²) in [4.78, 5) is 42.5. The number of fused-ring (bicyclic) bond motifs is 3. The molecule has 3 aromatic rings. The second kappa shape index (κ2) is 9.66. The summed E-state index contributed by atoms with van der Waals surface area (Å²) in [6.07, 6.45) is -5.90. The van der Waals surface area contributed by atoms with E-state index < -0.39 is 81.1 Å². The van der Waals surface area contributed by atoms with Gasteiger partial charge in [-0.25, -0.2) is 4.79 Å². The second-order valence-corrected chi connectivity index (χ2v) is 13.7. The van der Waals surface area contributed by atoms with Gasteiger partial charge in [-0.05, 0) is 55.3 Å². The smallest absolute Gasteiger partial charge is 0.405 e. The van der Waals surface area contributed by atoms with Gasteiger partial charge in [0, 0.05) is 5.54 Å². The average Bonchev–Trinajstić information content (AvgIpc) is 3.53. The molecule has 7 atom stereocenters. The van der Waals surface area contributed by atoms with E-state index in [9.17, 15) is 31.6 Å². The summed E-state index contributed by atoms with van der Waals surface area (Å²) < 4.78 is 76.9. The van der Waals surface area contributed by atoms with Crippen LogP contribution in [0.4, 0.5) is 8.78 Å². The van der Waals surface area contributed by atoms with Crippen LogP contribution in [0.1, 0.15) is 38.1 Å². The van der Waals surface area contributed by atoms with E-state index in [1.165, 1.54) is 4.90 Å². The minimum absolute atomic E-state index is 0.278. The summed E-state index contributed by atoms with van der Waals surface area (Å²) >= 11 is 0. The van der Waals surface area contributed by atoms with Gasteiger partial charge in [-0.2, -0.15) is 17.2 Å². The molecular formula is C30H29F2NO9S. The zero-order chi connectivity index (χ0) is 31.2. The Bertz CT molecular complexity index is 1730. The van der Waals surface area contributed by atoms with E-state index in [2.05, 4.69) is 0 Å². The minimum Gasteiger partial charge on any atom is -0.455 e. The van der Waals surface area contributed by atoms with Gasteiger partial charge >= 0.3 is 27.3 Å². The summed E-state index contributed by atoms with van der Waals surface area (Å²) in [5.74, 6) is -5.15. The number of carbonyl (C=O) groups is 3. The van der Waals surface area contributed by atoms with Crippen molar-refractivity contribution in [1.82, 2.24) is 4.90 Å². The molecule has 0 aliphatic carbocycles. The molecule has 228 valence electrons. The summed E-state index contributed by atoms with van der Waals surface area (Å²) in [7, 11) is -5.91. The van der Waals surface area contributed by atoms with Gasteiger partial charge in [0.05, 0.1) is 23.6 Å². The number of hydrogen-bond acceptors (Lipinski definition) is 8. The van der Waals surface area contributed by atoms with Gasteiger partial charge in [0.15, 0.2) is 12.2 Å². The lowest BCUT2D eigenvalue weighted by Gasteiger charge is -2.38. The first-order valence-electron chi connectivity index (χ1n) is 13.7. The number of nitrogens with zero attached hydrogens (tertiary/aromatic N) is 1. The summed E-state index contributed by atoms with van der Waals surface area (Å²) in [5.41, 5.74) is -0.520. The maximum atomic E-state index is 14.2. The zero-order valence-corrected chi connectivity index (χ0v) is 24.4. The summed E-state index contributed by atoms with van der Waals surface area (Å²) in [5, 5.41) is -1.97. The number of likely N-dealkylation sites (tertiary alicyclic amines) is 1. The lowest BCUT2D eigenvalue weighted by molar-refractivity contribution is -0.169. The monoisotopic (exact) mass is 617 g/mol. The van der Waals surface area contributed by atoms with Crippen LogP contribution < -0.4 is 0 Å². The summed E-state index contributed by atoms with van der Waals surface area (Å²) in [6.45, 7) is 5.91. The molecule has 7 unspecified atom stereocenters. The maximum absolute atomic E-state index is 14.2. The summed E-state index contributed by atoms with van der Waals surface area (Å²) in [6, 6.07) is 15.7. The average molecular weight is 618 g/mol. The standard InChI is InChI=1S/C30H29F2NO9S/c1-14(30(31,32)43(37,38)39)40-28(36)21-20-23-22(33(26(20)34)29(2,3)4)25(24(21)41-23)42-27(35)19-17-11-7-5-9-15(17)13-16-10-6-8-12-18(16)19/h5-14,20-25H,1-4H3,(H,37,38,39). The number of carbonyl (C=O) groups excluding carboxylic acids is 3. The molecule has 3 aromatic carbocycles. The van der Waals surface area contributed by atoms with E-state index in [1.807, 2.05) is 30.3 Å². The highest BCUT2D eigenvalue weighted by Gasteiger charge is 2.74. The molecule has 43 heavy (non-hydrogen) atoms.